The van der Waals surface area contributed by atoms with Gasteiger partial charge in [0.25, 0.3) is 0 Å². The zero-order valence-electron chi connectivity index (χ0n) is 20.2. The van der Waals surface area contributed by atoms with Crippen LogP contribution < -0.4 is 10.6 Å². The van der Waals surface area contributed by atoms with Gasteiger partial charge in [-0.1, -0.05) is 13.3 Å². The molecule has 2 bridgehead atoms. The Bertz CT molecular complexity index is 703. The van der Waals surface area contributed by atoms with E-state index in [9.17, 15) is 0 Å². The van der Waals surface area contributed by atoms with E-state index in [1.807, 2.05) is 0 Å². The molecular formula is C24H43IN6S. The maximum Gasteiger partial charge on any atom is 0.191 e. The molecular weight excluding hydrogens is 531 g/mol. The van der Waals surface area contributed by atoms with E-state index < -0.39 is 0 Å². The number of likely N-dealkylation sites (tertiary alicyclic amines) is 1. The number of hydrogen-bond donors (Lipinski definition) is 2. The van der Waals surface area contributed by atoms with Crippen molar-refractivity contribution in [1.82, 2.24) is 25.4 Å². The summed E-state index contributed by atoms with van der Waals surface area (Å²) in [7, 11) is 2.33. The van der Waals surface area contributed by atoms with Crippen LogP contribution in [0.3, 0.4) is 0 Å². The van der Waals surface area contributed by atoms with Crippen LogP contribution in [0, 0.1) is 5.92 Å². The van der Waals surface area contributed by atoms with Crippen molar-refractivity contribution >= 4 is 41.3 Å². The van der Waals surface area contributed by atoms with E-state index in [0.29, 0.717) is 12.0 Å². The molecule has 8 heteroatoms. The molecule has 3 fully saturated rings. The Morgan fingerprint density at radius 3 is 2.50 bits per heavy atom. The molecule has 3 aliphatic heterocycles. The lowest BCUT2D eigenvalue weighted by atomic mass is 9.82. The third-order valence-corrected chi connectivity index (χ3v) is 8.57. The number of rotatable bonds is 7. The normalized spacial score (nSPS) is 27.7. The standard InChI is InChI=1S/C24H42N6S.HI/c1-4-23-27-20(17-31-23)16-30-11-9-18(10-12-30)15-26-24(25-5-2)28-19-13-21-7-6-8-22(14-19)29(21)3;/h17-19,21-22H,4-16H2,1-3H3,(H2,25,26,28);1H. The van der Waals surface area contributed by atoms with Gasteiger partial charge >= 0.3 is 0 Å². The van der Waals surface area contributed by atoms with Crippen LogP contribution in [0.4, 0.5) is 0 Å². The van der Waals surface area contributed by atoms with E-state index >= 15 is 0 Å². The summed E-state index contributed by atoms with van der Waals surface area (Å²) < 4.78 is 0. The highest BCUT2D eigenvalue weighted by Crippen LogP contribution is 2.32. The molecule has 1 aromatic heterocycles. The van der Waals surface area contributed by atoms with Crippen LogP contribution in [-0.4, -0.2) is 72.1 Å². The zero-order valence-corrected chi connectivity index (χ0v) is 23.3. The number of aryl methyl sites for hydroxylation is 1. The predicted molar refractivity (Wildman–Crippen MR) is 146 cm³/mol. The number of piperidine rings is 3. The van der Waals surface area contributed by atoms with Gasteiger partial charge in [-0.15, -0.1) is 35.3 Å². The lowest BCUT2D eigenvalue weighted by molar-refractivity contribution is 0.0526. The summed E-state index contributed by atoms with van der Waals surface area (Å²) in [4.78, 5) is 15.0. The topological polar surface area (TPSA) is 55.8 Å². The summed E-state index contributed by atoms with van der Waals surface area (Å²) in [6.07, 6.45) is 10.2. The lowest BCUT2D eigenvalue weighted by Gasteiger charge is -2.47. The highest BCUT2D eigenvalue weighted by Gasteiger charge is 2.36. The summed E-state index contributed by atoms with van der Waals surface area (Å²) in [6, 6.07) is 2.07. The lowest BCUT2D eigenvalue weighted by Crippen LogP contribution is -2.56. The Hall–Kier alpha value is -0.450. The van der Waals surface area contributed by atoms with E-state index in [0.717, 1.165) is 44.1 Å². The molecule has 0 aromatic carbocycles. The minimum absolute atomic E-state index is 0. The fourth-order valence-electron chi connectivity index (χ4n) is 5.61. The van der Waals surface area contributed by atoms with Crippen molar-refractivity contribution in [2.45, 2.75) is 89.9 Å². The van der Waals surface area contributed by atoms with Gasteiger partial charge in [0.15, 0.2) is 5.96 Å². The molecule has 2 unspecified atom stereocenters. The summed E-state index contributed by atoms with van der Waals surface area (Å²) >= 11 is 1.80. The van der Waals surface area contributed by atoms with E-state index in [-0.39, 0.29) is 24.0 Å². The van der Waals surface area contributed by atoms with Crippen LogP contribution >= 0.6 is 35.3 Å². The summed E-state index contributed by atoms with van der Waals surface area (Å²) in [5, 5.41) is 10.8. The van der Waals surface area contributed by atoms with Crippen molar-refractivity contribution in [2.24, 2.45) is 10.9 Å². The van der Waals surface area contributed by atoms with Crippen LogP contribution in [-0.2, 0) is 13.0 Å². The largest absolute Gasteiger partial charge is 0.357 e. The van der Waals surface area contributed by atoms with Crippen LogP contribution in [0.2, 0.25) is 0 Å². The Balaban J connectivity index is 0.00000289. The zero-order chi connectivity index (χ0) is 21.6. The molecule has 4 heterocycles. The Morgan fingerprint density at radius 2 is 1.88 bits per heavy atom. The summed E-state index contributed by atoms with van der Waals surface area (Å²) in [5.41, 5.74) is 1.25. The minimum atomic E-state index is 0. The van der Waals surface area contributed by atoms with Crippen LogP contribution in [0.5, 0.6) is 0 Å². The summed E-state index contributed by atoms with van der Waals surface area (Å²) in [5.74, 6) is 1.73. The van der Waals surface area contributed by atoms with Gasteiger partial charge in [-0.05, 0) is 77.9 Å². The van der Waals surface area contributed by atoms with Gasteiger partial charge in [0.1, 0.15) is 0 Å². The second-order valence-electron chi connectivity index (χ2n) is 9.74. The predicted octanol–water partition coefficient (Wildman–Crippen LogP) is 4.11. The quantitative estimate of drug-likeness (QED) is 0.292. The molecule has 32 heavy (non-hydrogen) atoms. The van der Waals surface area contributed by atoms with Crippen molar-refractivity contribution in [2.75, 3.05) is 33.2 Å². The van der Waals surface area contributed by atoms with Gasteiger partial charge < -0.3 is 15.5 Å². The molecule has 1 aromatic rings. The van der Waals surface area contributed by atoms with Gasteiger partial charge in [-0.2, -0.15) is 0 Å². The third kappa shape index (κ3) is 7.03. The monoisotopic (exact) mass is 574 g/mol. The highest BCUT2D eigenvalue weighted by molar-refractivity contribution is 14.0. The van der Waals surface area contributed by atoms with Crippen molar-refractivity contribution in [3.05, 3.63) is 16.1 Å². The number of fused-ring (bicyclic) bond motifs is 2. The van der Waals surface area contributed by atoms with Crippen molar-refractivity contribution in [1.29, 1.82) is 0 Å². The van der Waals surface area contributed by atoms with Crippen molar-refractivity contribution in [3.8, 4) is 0 Å². The molecule has 3 aliphatic rings. The van der Waals surface area contributed by atoms with Crippen LogP contribution in [0.1, 0.15) is 69.5 Å². The average Bonchev–Trinajstić information content (AvgIpc) is 3.21. The Morgan fingerprint density at radius 1 is 1.16 bits per heavy atom. The van der Waals surface area contributed by atoms with Gasteiger partial charge in [-0.25, -0.2) is 4.98 Å². The average molecular weight is 575 g/mol. The first-order valence-corrected chi connectivity index (χ1v) is 13.4. The molecule has 0 spiro atoms. The molecule has 2 atom stereocenters. The molecule has 0 saturated carbocycles. The van der Waals surface area contributed by atoms with E-state index in [1.54, 1.807) is 11.3 Å². The molecule has 0 amide bonds. The van der Waals surface area contributed by atoms with Crippen molar-refractivity contribution in [3.63, 3.8) is 0 Å². The van der Waals surface area contributed by atoms with E-state index in [2.05, 4.69) is 46.7 Å². The van der Waals surface area contributed by atoms with Gasteiger partial charge in [0.2, 0.25) is 0 Å². The Labute approximate surface area is 216 Å². The number of guanidine groups is 1. The molecule has 3 saturated heterocycles. The first-order chi connectivity index (χ1) is 15.1. The smallest absolute Gasteiger partial charge is 0.191 e. The number of aromatic nitrogens is 1. The summed E-state index contributed by atoms with van der Waals surface area (Å²) in [6.45, 7) is 9.57. The third-order valence-electron chi connectivity index (χ3n) is 7.53. The fraction of sp³-hybridized carbons (Fsp3) is 0.833. The second kappa shape index (κ2) is 12.9. The van der Waals surface area contributed by atoms with Gasteiger partial charge in [0.05, 0.1) is 10.7 Å². The maximum atomic E-state index is 5.02. The molecule has 182 valence electrons. The number of thiazole rings is 1. The second-order valence-corrected chi connectivity index (χ2v) is 10.7. The number of nitrogens with zero attached hydrogens (tertiary/aromatic N) is 4. The van der Waals surface area contributed by atoms with Gasteiger partial charge in [0, 0.05) is 43.1 Å². The van der Waals surface area contributed by atoms with Crippen LogP contribution in [0.15, 0.2) is 10.4 Å². The Kier molecular flexibility index (Phi) is 10.5. The maximum absolute atomic E-state index is 5.02. The fourth-order valence-corrected chi connectivity index (χ4v) is 6.34. The van der Waals surface area contributed by atoms with E-state index in [1.165, 1.54) is 68.7 Å². The van der Waals surface area contributed by atoms with Crippen molar-refractivity contribution < 1.29 is 0 Å². The van der Waals surface area contributed by atoms with Gasteiger partial charge in [-0.3, -0.25) is 9.89 Å². The molecule has 6 nitrogen and oxygen atoms in total. The van der Waals surface area contributed by atoms with E-state index in [4.69, 9.17) is 9.98 Å². The molecule has 0 aliphatic carbocycles. The molecule has 0 radical (unpaired) electrons. The number of hydrogen-bond acceptors (Lipinski definition) is 5. The molecule has 2 N–H and O–H groups in total. The highest BCUT2D eigenvalue weighted by atomic mass is 127. The number of nitrogens with one attached hydrogen (secondary N) is 2. The van der Waals surface area contributed by atoms with Crippen LogP contribution in [0.25, 0.3) is 0 Å². The first-order valence-electron chi connectivity index (χ1n) is 12.6. The minimum Gasteiger partial charge on any atom is -0.357 e. The number of halogens is 1. The number of aliphatic imine (C=N–C) groups is 1. The molecule has 4 rings (SSSR count). The SMILES string of the molecule is CCNC(=NCC1CCN(Cc2csc(CC)n2)CC1)NC1CC2CCCC(C1)N2C.I. The first kappa shape index (κ1) is 26.2.